The molecule has 492 valence electrons. The molecule has 0 spiro atoms. The number of carboxylic acids is 1. The quantitative estimate of drug-likeness (QED) is 0.0573. The Balaban J connectivity index is 1.28. The number of nitrogens with zero attached hydrogens (tertiary/aromatic N) is 4. The lowest BCUT2D eigenvalue weighted by molar-refractivity contribution is -0.149. The normalized spacial score (nSPS) is 17.8. The number of rotatable bonds is 40. The third-order valence-electron chi connectivity index (χ3n) is 17.6. The second-order valence-electron chi connectivity index (χ2n) is 25.0. The Bertz CT molecular complexity index is 2530. The summed E-state index contributed by atoms with van der Waals surface area (Å²) < 4.78 is 29.1. The zero-order chi connectivity index (χ0) is 65.2. The minimum Gasteiger partial charge on any atom is -0.481 e. The van der Waals surface area contributed by atoms with Crippen molar-refractivity contribution >= 4 is 58.5 Å². The van der Waals surface area contributed by atoms with Gasteiger partial charge in [-0.05, 0) is 87.2 Å². The lowest BCUT2D eigenvalue weighted by atomic mass is 9.83. The van der Waals surface area contributed by atoms with Crippen LogP contribution in [0.1, 0.15) is 131 Å². The van der Waals surface area contributed by atoms with Gasteiger partial charge in [0.05, 0.1) is 94.1 Å². The lowest BCUT2D eigenvalue weighted by Crippen LogP contribution is -2.55. The van der Waals surface area contributed by atoms with Crippen molar-refractivity contribution in [1.29, 1.82) is 0 Å². The molecule has 0 radical (unpaired) electrons. The summed E-state index contributed by atoms with van der Waals surface area (Å²) in [6, 6.07) is 14.1. The number of hydrogen-bond donors (Lipinski definition) is 3. The molecular formula is C67H104N6O15. The number of methoxy groups -OCH3 is 2. The number of amides is 5. The number of likely N-dealkylation sites (tertiary alicyclic amines) is 2. The number of hydrogen-bond acceptors (Lipinski definition) is 15. The number of Topliss-reactive ketones (excluding diaryl/α,β-unsaturated/α-hetero) is 3. The van der Waals surface area contributed by atoms with Gasteiger partial charge in [-0.1, -0.05) is 104 Å². The summed E-state index contributed by atoms with van der Waals surface area (Å²) in [4.78, 5) is 127. The largest absolute Gasteiger partial charge is 0.481 e. The van der Waals surface area contributed by atoms with Gasteiger partial charge in [0.25, 0.3) is 0 Å². The lowest BCUT2D eigenvalue weighted by Gasteiger charge is -2.41. The minimum absolute atomic E-state index is 0.0182. The number of carboxylic acid groups (broad SMARTS) is 1. The van der Waals surface area contributed by atoms with Crippen molar-refractivity contribution in [2.45, 2.75) is 169 Å². The molecule has 88 heavy (non-hydrogen) atoms. The third-order valence-corrected chi connectivity index (χ3v) is 17.6. The monoisotopic (exact) mass is 1230 g/mol. The summed E-state index contributed by atoms with van der Waals surface area (Å²) in [7, 11) is 8.59. The average Bonchev–Trinajstić information content (AvgIpc) is 4.12. The molecule has 2 aliphatic rings. The van der Waals surface area contributed by atoms with Crippen LogP contribution in [-0.4, -0.2) is 202 Å². The molecule has 0 unspecified atom stereocenters. The molecule has 5 amide bonds. The van der Waals surface area contributed by atoms with Crippen molar-refractivity contribution in [3.05, 3.63) is 65.7 Å². The van der Waals surface area contributed by atoms with Gasteiger partial charge in [0.1, 0.15) is 12.4 Å². The van der Waals surface area contributed by atoms with Crippen LogP contribution in [0.3, 0.4) is 0 Å². The topological polar surface area (TPSA) is 257 Å². The molecule has 21 heteroatoms. The molecule has 0 aliphatic carbocycles. The molecule has 10 atom stereocenters. The standard InChI is InChI=1S/C67H104N6O15/c1-14-45(6)62(71(11)66(81)53(43(2)3)39-56(75)61(44(4)5)70(9)10)58(84-12)40-60(78)73-30-18-21-55(73)63(85-13)47(8)65(80)69-54(38-48-19-16-15-17-20-48)57(76)42-88-41-49-22-24-51(25-23-49)68-64(79)46(7)37-52(74)28-33-86-35-36-87-34-29-59(77)72-31-26-50(27-32-72)67(82)83/h15-17,19-20,22-25,43-47,50,53-55,58,61-63H,14,18,21,26-42H2,1-13H3,(H,68,79)(H,69,80)(H,82,83)/t45-,46-,47+,53-,54-,55-,58+,61-,62-,63+/m0/s1. The summed E-state index contributed by atoms with van der Waals surface area (Å²) in [6.45, 7) is 17.3. The van der Waals surface area contributed by atoms with Crippen LogP contribution in [0.4, 0.5) is 5.69 Å². The van der Waals surface area contributed by atoms with E-state index in [1.807, 2.05) is 90.9 Å². The van der Waals surface area contributed by atoms with Gasteiger partial charge >= 0.3 is 5.97 Å². The predicted octanol–water partition coefficient (Wildman–Crippen LogP) is 6.91. The van der Waals surface area contributed by atoms with Gasteiger partial charge in [-0.2, -0.15) is 0 Å². The Morgan fingerprint density at radius 1 is 0.682 bits per heavy atom. The SMILES string of the molecule is CC[C@H](C)[C@@H]([C@@H](CC(=O)N1CCC[C@H]1[C@H](OC)[C@@H](C)C(=O)N[C@@H](Cc1ccccc1)C(=O)COCc1ccc(NC(=O)[C@@H](C)CC(=O)CCOCCOCCC(=O)N2CCC(C(=O)O)CC2)cc1)OC)N(C)C(=O)[C@@H](CC(=O)[C@H](C(C)C)N(C)C)C(C)C. The van der Waals surface area contributed by atoms with Crippen LogP contribution in [0.5, 0.6) is 0 Å². The maximum absolute atomic E-state index is 14.6. The zero-order valence-corrected chi connectivity index (χ0v) is 54.8. The highest BCUT2D eigenvalue weighted by atomic mass is 16.5. The van der Waals surface area contributed by atoms with Crippen molar-refractivity contribution in [1.82, 2.24) is 24.9 Å². The van der Waals surface area contributed by atoms with Crippen molar-refractivity contribution in [2.24, 2.45) is 41.4 Å². The molecule has 0 aromatic heterocycles. The first-order chi connectivity index (χ1) is 41.8. The molecule has 0 saturated carbocycles. The first kappa shape index (κ1) is 74.5. The molecule has 3 N–H and O–H groups in total. The Kier molecular flexibility index (Phi) is 32.1. The van der Waals surface area contributed by atoms with Gasteiger partial charge in [0, 0.05) is 77.7 Å². The number of nitrogens with one attached hydrogen (secondary N) is 2. The van der Waals surface area contributed by atoms with Gasteiger partial charge in [0.2, 0.25) is 29.5 Å². The molecule has 2 fully saturated rings. The first-order valence-electron chi connectivity index (χ1n) is 31.7. The fourth-order valence-corrected chi connectivity index (χ4v) is 12.2. The van der Waals surface area contributed by atoms with Crippen LogP contribution in [0.25, 0.3) is 0 Å². The number of anilines is 1. The number of carbonyl (C=O) groups is 9. The molecule has 4 rings (SSSR count). The van der Waals surface area contributed by atoms with Crippen LogP contribution < -0.4 is 10.6 Å². The van der Waals surface area contributed by atoms with Gasteiger partial charge < -0.3 is 54.1 Å². The Morgan fingerprint density at radius 3 is 1.89 bits per heavy atom. The molecule has 2 saturated heterocycles. The molecule has 2 aromatic carbocycles. The second kappa shape index (κ2) is 37.9. The third kappa shape index (κ3) is 23.1. The smallest absolute Gasteiger partial charge is 0.306 e. The highest BCUT2D eigenvalue weighted by molar-refractivity contribution is 5.95. The summed E-state index contributed by atoms with van der Waals surface area (Å²) in [6.07, 6.45) is 2.11. The van der Waals surface area contributed by atoms with Gasteiger partial charge in [-0.25, -0.2) is 0 Å². The summed E-state index contributed by atoms with van der Waals surface area (Å²) in [5, 5.41) is 15.0. The van der Waals surface area contributed by atoms with E-state index in [2.05, 4.69) is 10.6 Å². The van der Waals surface area contributed by atoms with E-state index >= 15 is 0 Å². The Labute approximate surface area is 523 Å². The highest BCUT2D eigenvalue weighted by Gasteiger charge is 2.44. The van der Waals surface area contributed by atoms with Crippen LogP contribution in [0.2, 0.25) is 0 Å². The number of likely N-dealkylation sites (N-methyl/N-ethyl adjacent to an activating group) is 2. The van der Waals surface area contributed by atoms with Crippen molar-refractivity contribution in [2.75, 3.05) is 93.3 Å². The summed E-state index contributed by atoms with van der Waals surface area (Å²) >= 11 is 0. The van der Waals surface area contributed by atoms with E-state index in [9.17, 15) is 43.2 Å². The maximum atomic E-state index is 14.6. The van der Waals surface area contributed by atoms with E-state index in [-0.39, 0.29) is 143 Å². The van der Waals surface area contributed by atoms with Gasteiger partial charge in [0.15, 0.2) is 11.6 Å². The first-order valence-corrected chi connectivity index (χ1v) is 31.7. The molecule has 2 heterocycles. The van der Waals surface area contributed by atoms with Crippen molar-refractivity contribution in [3.8, 4) is 0 Å². The Hall–Kier alpha value is -5.97. The van der Waals surface area contributed by atoms with Crippen LogP contribution >= 0.6 is 0 Å². The fraction of sp³-hybridized carbons (Fsp3) is 0.687. The van der Waals surface area contributed by atoms with E-state index in [0.29, 0.717) is 57.4 Å². The molecule has 2 aliphatic heterocycles. The molecule has 0 bridgehead atoms. The van der Waals surface area contributed by atoms with E-state index in [1.54, 1.807) is 67.0 Å². The van der Waals surface area contributed by atoms with Gasteiger partial charge in [-0.3, -0.25) is 48.1 Å². The number of aliphatic carboxylic acids is 1. The zero-order valence-electron chi connectivity index (χ0n) is 54.8. The molecule has 2 aromatic rings. The van der Waals surface area contributed by atoms with Crippen LogP contribution in [0, 0.1) is 41.4 Å². The van der Waals surface area contributed by atoms with E-state index in [0.717, 1.165) is 11.1 Å². The molecular weight excluding hydrogens is 1130 g/mol. The molecule has 21 nitrogen and oxygen atoms in total. The second-order valence-corrected chi connectivity index (χ2v) is 25.0. The average molecular weight is 1230 g/mol. The number of piperidine rings is 1. The van der Waals surface area contributed by atoms with E-state index in [4.69, 9.17) is 28.8 Å². The fourth-order valence-electron chi connectivity index (χ4n) is 12.2. The summed E-state index contributed by atoms with van der Waals surface area (Å²) in [5.74, 6) is -4.91. The van der Waals surface area contributed by atoms with Crippen LogP contribution in [0.15, 0.2) is 54.6 Å². The minimum atomic E-state index is -0.952. The highest BCUT2D eigenvalue weighted by Crippen LogP contribution is 2.32. The maximum Gasteiger partial charge on any atom is 0.306 e. The number of ketones is 3. The van der Waals surface area contributed by atoms with Crippen molar-refractivity contribution in [3.63, 3.8) is 0 Å². The number of ether oxygens (including phenoxy) is 5. The van der Waals surface area contributed by atoms with E-state index < -0.39 is 65.9 Å². The van der Waals surface area contributed by atoms with Gasteiger partial charge in [-0.15, -0.1) is 0 Å². The Morgan fingerprint density at radius 2 is 1.32 bits per heavy atom. The van der Waals surface area contributed by atoms with E-state index in [1.165, 1.54) is 7.11 Å². The van der Waals surface area contributed by atoms with Crippen LogP contribution in [-0.2, 0) is 79.9 Å². The number of carbonyl (C=O) groups excluding carboxylic acids is 8. The predicted molar refractivity (Wildman–Crippen MR) is 335 cm³/mol. The number of benzene rings is 2. The van der Waals surface area contributed by atoms with Crippen molar-refractivity contribution < 1.29 is 71.9 Å². The summed E-state index contributed by atoms with van der Waals surface area (Å²) in [5.41, 5.74) is 2.08.